The number of benzene rings is 1. The molecule has 2 fully saturated rings. The molecule has 0 spiro atoms. The minimum Gasteiger partial charge on any atom is -0.335 e. The van der Waals surface area contributed by atoms with Gasteiger partial charge in [-0.05, 0) is 23.6 Å². The average Bonchev–Trinajstić information content (AvgIpc) is 3.04. The van der Waals surface area contributed by atoms with Gasteiger partial charge in [0, 0.05) is 46.6 Å². The average molecular weight is 355 g/mol. The summed E-state index contributed by atoms with van der Waals surface area (Å²) in [6, 6.07) is 5.94. The molecule has 3 atom stereocenters. The van der Waals surface area contributed by atoms with E-state index in [0.29, 0.717) is 19.6 Å². The number of halogens is 1. The number of rotatable bonds is 3. The van der Waals surface area contributed by atoms with Gasteiger partial charge in [-0.1, -0.05) is 12.1 Å². The number of likely N-dealkylation sites (tertiary alicyclic amines) is 1. The predicted molar refractivity (Wildman–Crippen MR) is 87.7 cm³/mol. The van der Waals surface area contributed by atoms with Gasteiger partial charge in [-0.15, -0.1) is 0 Å². The molecule has 6 nitrogen and oxygen atoms in total. The Morgan fingerprint density at radius 1 is 1.25 bits per heavy atom. The van der Waals surface area contributed by atoms with Crippen LogP contribution in [0.3, 0.4) is 0 Å². The monoisotopic (exact) mass is 355 g/mol. The quantitative estimate of drug-likeness (QED) is 0.815. The van der Waals surface area contributed by atoms with Gasteiger partial charge in [0.2, 0.25) is 5.91 Å². The lowest BCUT2D eigenvalue weighted by atomic mass is 9.89. The molecule has 1 aromatic carbocycles. The molecule has 0 bridgehead atoms. The van der Waals surface area contributed by atoms with Crippen LogP contribution in [-0.2, 0) is 15.0 Å². The summed E-state index contributed by atoms with van der Waals surface area (Å²) in [5.74, 6) is -0.377. The number of hydrogen-bond donors (Lipinski definition) is 0. The zero-order chi connectivity index (χ0) is 17.6. The lowest BCUT2D eigenvalue weighted by Gasteiger charge is -2.29. The van der Waals surface area contributed by atoms with Crippen molar-refractivity contribution in [2.75, 3.05) is 33.7 Å². The fourth-order valence-electron chi connectivity index (χ4n) is 3.87. The van der Waals surface area contributed by atoms with Crippen LogP contribution in [0.2, 0.25) is 0 Å². The second kappa shape index (κ2) is 6.09. The van der Waals surface area contributed by atoms with Crippen LogP contribution in [0.5, 0.6) is 0 Å². The molecule has 132 valence electrons. The highest BCUT2D eigenvalue weighted by molar-refractivity contribution is 7.86. The van der Waals surface area contributed by atoms with Crippen LogP contribution in [0.4, 0.5) is 4.39 Å². The molecule has 2 aliphatic rings. The summed E-state index contributed by atoms with van der Waals surface area (Å²) in [5, 5.41) is 0. The van der Waals surface area contributed by atoms with E-state index in [4.69, 9.17) is 0 Å². The van der Waals surface area contributed by atoms with Gasteiger partial charge in [-0.25, -0.2) is 4.39 Å². The molecular formula is C16H22FN3O3S. The van der Waals surface area contributed by atoms with Crippen LogP contribution in [0.15, 0.2) is 24.3 Å². The molecule has 2 aliphatic heterocycles. The number of amides is 1. The van der Waals surface area contributed by atoms with E-state index in [9.17, 15) is 17.6 Å². The van der Waals surface area contributed by atoms with Gasteiger partial charge in [0.1, 0.15) is 5.82 Å². The maximum absolute atomic E-state index is 13.6. The minimum absolute atomic E-state index is 0.0228. The highest BCUT2D eigenvalue weighted by Gasteiger charge is 2.51. The van der Waals surface area contributed by atoms with E-state index in [1.54, 1.807) is 17.0 Å². The third kappa shape index (κ3) is 2.82. The molecular weight excluding hydrogens is 333 g/mol. The van der Waals surface area contributed by atoms with Gasteiger partial charge in [0.15, 0.2) is 0 Å². The van der Waals surface area contributed by atoms with Crippen molar-refractivity contribution in [3.63, 3.8) is 0 Å². The Morgan fingerprint density at radius 2 is 1.96 bits per heavy atom. The van der Waals surface area contributed by atoms with E-state index in [1.165, 1.54) is 41.8 Å². The van der Waals surface area contributed by atoms with Crippen LogP contribution >= 0.6 is 0 Å². The van der Waals surface area contributed by atoms with E-state index in [2.05, 4.69) is 0 Å². The maximum atomic E-state index is 13.6. The van der Waals surface area contributed by atoms with Crippen LogP contribution in [0.25, 0.3) is 0 Å². The van der Waals surface area contributed by atoms with Gasteiger partial charge >= 0.3 is 0 Å². The van der Waals surface area contributed by atoms with E-state index in [0.717, 1.165) is 5.56 Å². The lowest BCUT2D eigenvalue weighted by Crippen LogP contribution is -2.41. The minimum atomic E-state index is -3.48. The van der Waals surface area contributed by atoms with Crippen molar-refractivity contribution in [1.29, 1.82) is 0 Å². The molecule has 0 saturated carbocycles. The van der Waals surface area contributed by atoms with Crippen LogP contribution < -0.4 is 0 Å². The Morgan fingerprint density at radius 3 is 2.54 bits per heavy atom. The van der Waals surface area contributed by atoms with Gasteiger partial charge in [0.05, 0.1) is 6.04 Å². The number of nitrogens with zero attached hydrogens (tertiary/aromatic N) is 3. The van der Waals surface area contributed by atoms with Crippen molar-refractivity contribution in [2.24, 2.45) is 11.8 Å². The van der Waals surface area contributed by atoms with E-state index < -0.39 is 10.2 Å². The van der Waals surface area contributed by atoms with E-state index in [-0.39, 0.29) is 29.6 Å². The smallest absolute Gasteiger partial charge is 0.281 e. The fourth-order valence-corrected chi connectivity index (χ4v) is 5.07. The molecule has 0 aliphatic carbocycles. The molecule has 8 heteroatoms. The molecule has 2 saturated heterocycles. The van der Waals surface area contributed by atoms with Crippen LogP contribution in [0, 0.1) is 17.7 Å². The van der Waals surface area contributed by atoms with Gasteiger partial charge < -0.3 is 4.90 Å². The summed E-state index contributed by atoms with van der Waals surface area (Å²) < 4.78 is 41.1. The van der Waals surface area contributed by atoms with E-state index >= 15 is 0 Å². The first kappa shape index (κ1) is 17.3. The standard InChI is InChI=1S/C16H22FN3O3S/c1-11(21)20-9-13-8-19(24(22,23)18(2)3)10-15(13)16(20)12-5-4-6-14(17)7-12/h4-7,13,15-16H,8-10H2,1-3H3/t13-,15-,16-/m1/s1. The topological polar surface area (TPSA) is 60.9 Å². The molecule has 1 amide bonds. The number of fused-ring (bicyclic) bond motifs is 1. The Labute approximate surface area is 142 Å². The molecule has 0 unspecified atom stereocenters. The van der Waals surface area contributed by atoms with Crippen molar-refractivity contribution in [3.8, 4) is 0 Å². The second-order valence-electron chi connectivity index (χ2n) is 6.70. The van der Waals surface area contributed by atoms with Gasteiger partial charge in [-0.2, -0.15) is 17.0 Å². The number of carbonyl (C=O) groups excluding carboxylic acids is 1. The summed E-state index contributed by atoms with van der Waals surface area (Å²) >= 11 is 0. The Balaban J connectivity index is 1.93. The lowest BCUT2D eigenvalue weighted by molar-refractivity contribution is -0.130. The predicted octanol–water partition coefficient (Wildman–Crippen LogP) is 1.08. The summed E-state index contributed by atoms with van der Waals surface area (Å²) in [6.07, 6.45) is 0. The molecule has 1 aromatic rings. The number of carbonyl (C=O) groups is 1. The zero-order valence-corrected chi connectivity index (χ0v) is 14.8. The molecule has 0 aromatic heterocycles. The van der Waals surface area contributed by atoms with Crippen molar-refractivity contribution >= 4 is 16.1 Å². The van der Waals surface area contributed by atoms with Crippen molar-refractivity contribution in [2.45, 2.75) is 13.0 Å². The first-order valence-electron chi connectivity index (χ1n) is 7.92. The third-order valence-electron chi connectivity index (χ3n) is 5.01. The molecule has 0 N–H and O–H groups in total. The van der Waals surface area contributed by atoms with Gasteiger partial charge in [-0.3, -0.25) is 4.79 Å². The second-order valence-corrected chi connectivity index (χ2v) is 8.84. The van der Waals surface area contributed by atoms with Crippen molar-refractivity contribution in [1.82, 2.24) is 13.5 Å². The van der Waals surface area contributed by atoms with Crippen molar-refractivity contribution < 1.29 is 17.6 Å². The van der Waals surface area contributed by atoms with E-state index in [1.807, 2.05) is 0 Å². The maximum Gasteiger partial charge on any atom is 0.281 e. The summed E-state index contributed by atoms with van der Waals surface area (Å²) in [6.45, 7) is 2.74. The zero-order valence-electron chi connectivity index (χ0n) is 14.0. The first-order valence-corrected chi connectivity index (χ1v) is 9.31. The largest absolute Gasteiger partial charge is 0.335 e. The first-order chi connectivity index (χ1) is 11.2. The molecule has 0 radical (unpaired) electrons. The van der Waals surface area contributed by atoms with Crippen LogP contribution in [0.1, 0.15) is 18.5 Å². The number of hydrogen-bond acceptors (Lipinski definition) is 3. The Bertz CT molecular complexity index is 753. The molecule has 2 heterocycles. The van der Waals surface area contributed by atoms with Crippen molar-refractivity contribution in [3.05, 3.63) is 35.6 Å². The Kier molecular flexibility index (Phi) is 4.39. The SMILES string of the molecule is CC(=O)N1C[C@H]2CN(S(=O)(=O)N(C)C)C[C@H]2[C@H]1c1cccc(F)c1. The highest BCUT2D eigenvalue weighted by atomic mass is 32.2. The Hall–Kier alpha value is -1.51. The third-order valence-corrected chi connectivity index (χ3v) is 6.89. The molecule has 3 rings (SSSR count). The van der Waals surface area contributed by atoms with Gasteiger partial charge in [0.25, 0.3) is 10.2 Å². The normalized spacial score (nSPS) is 27.7. The summed E-state index contributed by atoms with van der Waals surface area (Å²) in [5.41, 5.74) is 0.724. The van der Waals surface area contributed by atoms with Crippen LogP contribution in [-0.4, -0.2) is 61.6 Å². The molecule has 24 heavy (non-hydrogen) atoms. The summed E-state index contributed by atoms with van der Waals surface area (Å²) in [7, 11) is -0.462. The highest BCUT2D eigenvalue weighted by Crippen LogP contribution is 2.45. The summed E-state index contributed by atoms with van der Waals surface area (Å²) in [4.78, 5) is 13.8. The fraction of sp³-hybridized carbons (Fsp3) is 0.562.